The maximum Gasteiger partial charge on any atom is 0.358 e. The molecule has 228 valence electrons. The molecule has 7 rings (SSSR count). The Morgan fingerprint density at radius 3 is 2.05 bits per heavy atom. The Hall–Kier alpha value is -2.38. The van der Waals surface area contributed by atoms with E-state index >= 15 is 0 Å². The van der Waals surface area contributed by atoms with Crippen molar-refractivity contribution in [3.63, 3.8) is 0 Å². The van der Waals surface area contributed by atoms with Gasteiger partial charge in [-0.05, 0) is 128 Å². The van der Waals surface area contributed by atoms with Gasteiger partial charge in [0.05, 0.1) is 13.2 Å². The summed E-state index contributed by atoms with van der Waals surface area (Å²) in [4.78, 5) is 12.8. The van der Waals surface area contributed by atoms with Crippen molar-refractivity contribution in [3.05, 3.63) is 96.1 Å². The molecule has 4 bridgehead atoms. The lowest BCUT2D eigenvalue weighted by Crippen LogP contribution is -3.61. The monoisotopic (exact) mass is 693 g/mol. The summed E-state index contributed by atoms with van der Waals surface area (Å²) in [6, 6.07) is 23.7. The summed E-state index contributed by atoms with van der Waals surface area (Å²) in [6.07, 6.45) is 6.28. The number of ether oxygens (including phenoxy) is 3. The number of carbonyl (C=O) groups excluding carboxylic acids is 1. The normalized spacial score (nSPS) is 26.0. The maximum absolute atomic E-state index is 12.8. The minimum absolute atomic E-state index is 0.0441. The van der Waals surface area contributed by atoms with Crippen molar-refractivity contribution in [2.45, 2.75) is 91.0 Å². The molecule has 0 aromatic heterocycles. The fourth-order valence-corrected chi connectivity index (χ4v) is 10.0. The molecule has 0 saturated heterocycles. The van der Waals surface area contributed by atoms with Crippen LogP contribution in [0.4, 0.5) is 0 Å². The first-order valence-electron chi connectivity index (χ1n) is 15.9. The van der Waals surface area contributed by atoms with E-state index in [0.717, 1.165) is 17.4 Å². The highest BCUT2D eigenvalue weighted by Crippen LogP contribution is 2.59. The van der Waals surface area contributed by atoms with Crippen LogP contribution >= 0.6 is 0 Å². The molecule has 4 saturated carbocycles. The van der Waals surface area contributed by atoms with Crippen LogP contribution in [0.2, 0.25) is 0 Å². The van der Waals surface area contributed by atoms with Crippen molar-refractivity contribution in [2.75, 3.05) is 6.61 Å². The van der Waals surface area contributed by atoms with E-state index in [1.165, 1.54) is 55.9 Å². The van der Waals surface area contributed by atoms with E-state index in [1.54, 1.807) is 0 Å². The van der Waals surface area contributed by atoms with Gasteiger partial charge in [-0.3, -0.25) is 0 Å². The Balaban J connectivity index is 0.937. The van der Waals surface area contributed by atoms with Crippen molar-refractivity contribution in [1.82, 2.24) is 0 Å². The van der Waals surface area contributed by atoms with Crippen LogP contribution < -0.4 is 25.9 Å². The Labute approximate surface area is 268 Å². The molecular formula is C38H46IO4+. The van der Waals surface area contributed by atoms with Crippen molar-refractivity contribution in [1.29, 1.82) is 0 Å². The molecular weight excluding hydrogens is 647 g/mol. The second-order valence-corrected chi connectivity index (χ2v) is 17.3. The number of hydrogen-bond donors (Lipinski definition) is 0. The largest absolute Gasteiger partial charge is 0.482 e. The molecule has 0 amide bonds. The molecule has 0 aliphatic heterocycles. The molecule has 0 heterocycles. The number of esters is 1. The van der Waals surface area contributed by atoms with Crippen LogP contribution in [0.5, 0.6) is 5.75 Å². The number of rotatable bonds is 10. The Morgan fingerprint density at radius 2 is 1.44 bits per heavy atom. The number of benzene rings is 3. The molecule has 0 unspecified atom stereocenters. The number of halogens is 1. The third kappa shape index (κ3) is 7.14. The first-order chi connectivity index (χ1) is 20.5. The molecule has 0 radical (unpaired) electrons. The molecule has 4 aliphatic carbocycles. The lowest BCUT2D eigenvalue weighted by atomic mass is 9.50. The average Bonchev–Trinajstić information content (AvgIpc) is 2.96. The molecule has 0 atom stereocenters. The molecule has 43 heavy (non-hydrogen) atoms. The lowest BCUT2D eigenvalue weighted by Gasteiger charge is -2.59. The van der Waals surface area contributed by atoms with E-state index in [-0.39, 0.29) is 44.8 Å². The standard InChI is InChI=1S/C38H46IO4/c1-25-16-27(8-15-35(25)39-33-11-9-30(10-12-33)37(2,3)4)23-41-22-26-6-13-34(14-7-26)42-24-36(40)43-38(5)31-18-28-17-29(20-31)21-32(38)19-28/h6-16,28-29,31-32H,17-24H2,1-5H3/q+1. The van der Waals surface area contributed by atoms with Gasteiger partial charge in [0, 0.05) is 5.56 Å². The van der Waals surface area contributed by atoms with Gasteiger partial charge >= 0.3 is 27.2 Å². The molecule has 4 aliphatic rings. The summed E-state index contributed by atoms with van der Waals surface area (Å²) in [5, 5.41) is 0. The van der Waals surface area contributed by atoms with Crippen LogP contribution in [0.25, 0.3) is 0 Å². The van der Waals surface area contributed by atoms with Crippen molar-refractivity contribution in [3.8, 4) is 5.75 Å². The van der Waals surface area contributed by atoms with Crippen LogP contribution in [0.3, 0.4) is 0 Å². The van der Waals surface area contributed by atoms with Gasteiger partial charge in [-0.15, -0.1) is 0 Å². The zero-order valence-electron chi connectivity index (χ0n) is 26.3. The van der Waals surface area contributed by atoms with E-state index in [2.05, 4.69) is 77.1 Å². The quantitative estimate of drug-likeness (QED) is 0.215. The second-order valence-electron chi connectivity index (χ2n) is 14.3. The van der Waals surface area contributed by atoms with Crippen LogP contribution in [-0.4, -0.2) is 18.2 Å². The molecule has 4 fully saturated rings. The number of aryl methyl sites for hydroxylation is 1. The highest BCUT2D eigenvalue weighted by molar-refractivity contribution is 5.71. The van der Waals surface area contributed by atoms with Gasteiger partial charge < -0.3 is 14.2 Å². The molecule has 0 spiro atoms. The minimum atomic E-state index is -0.312. The molecule has 5 heteroatoms. The second kappa shape index (κ2) is 12.5. The van der Waals surface area contributed by atoms with Gasteiger partial charge in [0.1, 0.15) is 11.4 Å². The summed E-state index contributed by atoms with van der Waals surface area (Å²) in [5.41, 5.74) is 4.87. The molecule has 3 aromatic rings. The van der Waals surface area contributed by atoms with Gasteiger partial charge in [-0.1, -0.05) is 51.1 Å². The average molecular weight is 694 g/mol. The van der Waals surface area contributed by atoms with Crippen molar-refractivity contribution >= 4 is 5.97 Å². The predicted octanol–water partition coefficient (Wildman–Crippen LogP) is 5.27. The van der Waals surface area contributed by atoms with Crippen LogP contribution in [0, 0.1) is 37.7 Å². The topological polar surface area (TPSA) is 44.8 Å². The van der Waals surface area contributed by atoms with Gasteiger partial charge in [0.25, 0.3) is 0 Å². The SMILES string of the molecule is Cc1cc(COCc2ccc(OCC(=O)OC3(C)C4CC5CC(C4)CC3C5)cc2)ccc1[I+]c1ccc(C(C)(C)C)cc1. The van der Waals surface area contributed by atoms with E-state index in [0.29, 0.717) is 30.8 Å². The van der Waals surface area contributed by atoms with E-state index in [9.17, 15) is 4.79 Å². The summed E-state index contributed by atoms with van der Waals surface area (Å²) < 4.78 is 20.9. The summed E-state index contributed by atoms with van der Waals surface area (Å²) in [7, 11) is 0. The van der Waals surface area contributed by atoms with E-state index in [1.807, 2.05) is 24.3 Å². The summed E-state index contributed by atoms with van der Waals surface area (Å²) >= 11 is -0.209. The highest BCUT2D eigenvalue weighted by Gasteiger charge is 2.57. The zero-order chi connectivity index (χ0) is 30.2. The Kier molecular flexibility index (Phi) is 8.94. The highest BCUT2D eigenvalue weighted by atomic mass is 127. The molecule has 3 aromatic carbocycles. The van der Waals surface area contributed by atoms with Gasteiger partial charge in [-0.25, -0.2) is 4.79 Å². The number of hydrogen-bond acceptors (Lipinski definition) is 4. The first kappa shape index (κ1) is 30.6. The Morgan fingerprint density at radius 1 is 0.837 bits per heavy atom. The number of carbonyl (C=O) groups is 1. The Bertz CT molecular complexity index is 1390. The first-order valence-corrected chi connectivity index (χ1v) is 18.1. The minimum Gasteiger partial charge on any atom is -0.482 e. The fourth-order valence-electron chi connectivity index (χ4n) is 7.71. The van der Waals surface area contributed by atoms with Crippen molar-refractivity contribution in [2.24, 2.45) is 23.7 Å². The van der Waals surface area contributed by atoms with Gasteiger partial charge in [0.2, 0.25) is 0 Å². The third-order valence-electron chi connectivity index (χ3n) is 10.1. The van der Waals surface area contributed by atoms with Crippen molar-refractivity contribution < 1.29 is 40.2 Å². The zero-order valence-corrected chi connectivity index (χ0v) is 28.5. The smallest absolute Gasteiger partial charge is 0.358 e. The van der Waals surface area contributed by atoms with Gasteiger partial charge in [0.15, 0.2) is 13.7 Å². The van der Waals surface area contributed by atoms with E-state index < -0.39 is 0 Å². The molecule has 0 N–H and O–H groups in total. The maximum atomic E-state index is 12.8. The fraction of sp³-hybridized carbons (Fsp3) is 0.500. The molecule has 4 nitrogen and oxygen atoms in total. The third-order valence-corrected chi connectivity index (χ3v) is 13.2. The van der Waals surface area contributed by atoms with Gasteiger partial charge in [-0.2, -0.15) is 0 Å². The van der Waals surface area contributed by atoms with Crippen LogP contribution in [0.15, 0.2) is 66.7 Å². The van der Waals surface area contributed by atoms with Crippen LogP contribution in [-0.2, 0) is 32.9 Å². The summed E-state index contributed by atoms with van der Waals surface area (Å²) in [5.74, 6) is 3.18. The predicted molar refractivity (Wildman–Crippen MR) is 166 cm³/mol. The summed E-state index contributed by atoms with van der Waals surface area (Å²) in [6.45, 7) is 12.2. The van der Waals surface area contributed by atoms with Crippen LogP contribution in [0.1, 0.15) is 82.1 Å². The van der Waals surface area contributed by atoms with E-state index in [4.69, 9.17) is 14.2 Å². The lowest BCUT2D eigenvalue weighted by molar-refractivity contribution is -0.598.